The van der Waals surface area contributed by atoms with Gasteiger partial charge in [-0.1, -0.05) is 13.8 Å². The van der Waals surface area contributed by atoms with E-state index < -0.39 is 38.6 Å². The Morgan fingerprint density at radius 2 is 1.68 bits per heavy atom. The summed E-state index contributed by atoms with van der Waals surface area (Å²) in [4.78, 5) is 24.5. The number of hydrogen-bond donors (Lipinski definition) is 1. The summed E-state index contributed by atoms with van der Waals surface area (Å²) in [5.74, 6) is -3.13. The van der Waals surface area contributed by atoms with E-state index in [-0.39, 0.29) is 0 Å². The maximum atomic E-state index is 12.0. The van der Waals surface area contributed by atoms with E-state index in [1.54, 1.807) is 0 Å². The molecule has 1 fully saturated rings. The van der Waals surface area contributed by atoms with E-state index in [1.165, 1.54) is 18.7 Å². The van der Waals surface area contributed by atoms with Gasteiger partial charge in [0.25, 0.3) is 0 Å². The third-order valence-electron chi connectivity index (χ3n) is 3.27. The second-order valence-electron chi connectivity index (χ2n) is 5.25. The van der Waals surface area contributed by atoms with Crippen molar-refractivity contribution in [3.63, 3.8) is 0 Å². The summed E-state index contributed by atoms with van der Waals surface area (Å²) in [6.45, 7) is 4.19. The van der Waals surface area contributed by atoms with Crippen molar-refractivity contribution in [3.8, 4) is 0 Å². The second kappa shape index (κ2) is 6.36. The standard InChI is InChI=1S/C12H21NO5S/c1-9(2)11(12(15)16)19(17,18)8-10(14)13-6-4-3-5-7-13/h9,11H,3-8H2,1-2H3,(H,15,16). The van der Waals surface area contributed by atoms with Gasteiger partial charge in [0.2, 0.25) is 5.91 Å². The summed E-state index contributed by atoms with van der Waals surface area (Å²) < 4.78 is 24.1. The Kier molecular flexibility index (Phi) is 5.34. The van der Waals surface area contributed by atoms with Gasteiger partial charge >= 0.3 is 5.97 Å². The van der Waals surface area contributed by atoms with E-state index >= 15 is 0 Å². The normalized spacial score (nSPS) is 18.4. The molecule has 1 aliphatic heterocycles. The highest BCUT2D eigenvalue weighted by Gasteiger charge is 2.37. The first kappa shape index (κ1) is 15.9. The van der Waals surface area contributed by atoms with Crippen molar-refractivity contribution < 1.29 is 23.1 Å². The molecule has 1 rings (SSSR count). The fourth-order valence-corrected chi connectivity index (χ4v) is 4.19. The monoisotopic (exact) mass is 291 g/mol. The molecule has 0 aromatic heterocycles. The van der Waals surface area contributed by atoms with Crippen LogP contribution in [-0.2, 0) is 19.4 Å². The van der Waals surface area contributed by atoms with Crippen molar-refractivity contribution in [2.75, 3.05) is 18.8 Å². The van der Waals surface area contributed by atoms with Crippen molar-refractivity contribution in [3.05, 3.63) is 0 Å². The minimum absolute atomic E-state index is 0.480. The average molecular weight is 291 g/mol. The smallest absolute Gasteiger partial charge is 0.322 e. The van der Waals surface area contributed by atoms with Crippen LogP contribution in [0.3, 0.4) is 0 Å². The Hall–Kier alpha value is -1.11. The van der Waals surface area contributed by atoms with E-state index in [0.717, 1.165) is 19.3 Å². The van der Waals surface area contributed by atoms with Crippen LogP contribution in [-0.4, -0.2) is 54.4 Å². The lowest BCUT2D eigenvalue weighted by Gasteiger charge is -2.27. The molecule has 1 unspecified atom stereocenters. The predicted octanol–water partition coefficient (Wildman–Crippen LogP) is 0.523. The molecule has 0 spiro atoms. The molecule has 0 saturated carbocycles. The third kappa shape index (κ3) is 4.19. The van der Waals surface area contributed by atoms with Gasteiger partial charge in [-0.25, -0.2) is 8.42 Å². The molecule has 6 nitrogen and oxygen atoms in total. The number of sulfone groups is 1. The Bertz CT molecular complexity index is 437. The first-order chi connectivity index (χ1) is 8.75. The van der Waals surface area contributed by atoms with Gasteiger partial charge in [-0.2, -0.15) is 0 Å². The molecule has 0 aliphatic carbocycles. The zero-order valence-corrected chi connectivity index (χ0v) is 12.1. The molecule has 7 heteroatoms. The molecule has 0 bridgehead atoms. The summed E-state index contributed by atoms with van der Waals surface area (Å²) in [6, 6.07) is 0. The minimum Gasteiger partial charge on any atom is -0.480 e. The molecule has 1 heterocycles. The molecule has 1 saturated heterocycles. The number of carboxylic acids is 1. The highest BCUT2D eigenvalue weighted by atomic mass is 32.2. The zero-order valence-electron chi connectivity index (χ0n) is 11.3. The molecule has 1 atom stereocenters. The van der Waals surface area contributed by atoms with E-state index in [2.05, 4.69) is 0 Å². The number of amides is 1. The highest BCUT2D eigenvalue weighted by molar-refractivity contribution is 7.93. The summed E-state index contributed by atoms with van der Waals surface area (Å²) in [7, 11) is -3.96. The van der Waals surface area contributed by atoms with Crippen LogP contribution >= 0.6 is 0 Å². The van der Waals surface area contributed by atoms with Crippen LogP contribution in [0, 0.1) is 5.92 Å². The molecule has 1 amide bonds. The van der Waals surface area contributed by atoms with Crippen molar-refractivity contribution >= 4 is 21.7 Å². The van der Waals surface area contributed by atoms with Crippen LogP contribution in [0.25, 0.3) is 0 Å². The van der Waals surface area contributed by atoms with Gasteiger partial charge in [0.15, 0.2) is 15.1 Å². The van der Waals surface area contributed by atoms with Crippen LogP contribution in [0.5, 0.6) is 0 Å². The van der Waals surface area contributed by atoms with Crippen molar-refractivity contribution in [1.29, 1.82) is 0 Å². The minimum atomic E-state index is -3.96. The maximum absolute atomic E-state index is 12.0. The number of carbonyl (C=O) groups is 2. The van der Waals surface area contributed by atoms with Crippen molar-refractivity contribution in [1.82, 2.24) is 4.90 Å². The van der Waals surface area contributed by atoms with Crippen molar-refractivity contribution in [2.45, 2.75) is 38.4 Å². The van der Waals surface area contributed by atoms with Gasteiger partial charge in [0, 0.05) is 13.1 Å². The van der Waals surface area contributed by atoms with Gasteiger partial charge in [-0.15, -0.1) is 0 Å². The molecular weight excluding hydrogens is 270 g/mol. The van der Waals surface area contributed by atoms with Crippen LogP contribution in [0.15, 0.2) is 0 Å². The van der Waals surface area contributed by atoms with Crippen molar-refractivity contribution in [2.24, 2.45) is 5.92 Å². The lowest BCUT2D eigenvalue weighted by Crippen LogP contribution is -2.44. The van der Waals surface area contributed by atoms with Crippen LogP contribution in [0.1, 0.15) is 33.1 Å². The molecule has 1 aliphatic rings. The van der Waals surface area contributed by atoms with Gasteiger partial charge in [0.1, 0.15) is 5.75 Å². The first-order valence-electron chi connectivity index (χ1n) is 6.48. The second-order valence-corrected chi connectivity index (χ2v) is 7.37. The summed E-state index contributed by atoms with van der Waals surface area (Å²) >= 11 is 0. The zero-order chi connectivity index (χ0) is 14.6. The molecule has 1 N–H and O–H groups in total. The third-order valence-corrected chi connectivity index (χ3v) is 5.44. The van der Waals surface area contributed by atoms with E-state index in [4.69, 9.17) is 5.11 Å². The van der Waals surface area contributed by atoms with Gasteiger partial charge in [0.05, 0.1) is 0 Å². The Balaban J connectivity index is 2.77. The van der Waals surface area contributed by atoms with E-state index in [9.17, 15) is 18.0 Å². The van der Waals surface area contributed by atoms with Gasteiger partial charge in [-0.05, 0) is 25.2 Å². The lowest BCUT2D eigenvalue weighted by atomic mass is 10.1. The van der Waals surface area contributed by atoms with Crippen LogP contribution < -0.4 is 0 Å². The Labute approximate surface area is 113 Å². The van der Waals surface area contributed by atoms with E-state index in [1.807, 2.05) is 0 Å². The molecule has 0 aromatic rings. The summed E-state index contributed by atoms with van der Waals surface area (Å²) in [6.07, 6.45) is 2.79. The van der Waals surface area contributed by atoms with Gasteiger partial charge in [-0.3, -0.25) is 9.59 Å². The van der Waals surface area contributed by atoms with E-state index in [0.29, 0.717) is 13.1 Å². The number of rotatable bonds is 5. The predicted molar refractivity (Wildman–Crippen MR) is 70.5 cm³/mol. The molecule has 110 valence electrons. The Morgan fingerprint density at radius 1 is 1.16 bits per heavy atom. The number of likely N-dealkylation sites (tertiary alicyclic amines) is 1. The number of piperidine rings is 1. The molecular formula is C12H21NO5S. The van der Waals surface area contributed by atoms with Gasteiger partial charge < -0.3 is 10.0 Å². The maximum Gasteiger partial charge on any atom is 0.322 e. The topological polar surface area (TPSA) is 91.7 Å². The quantitative estimate of drug-likeness (QED) is 0.797. The SMILES string of the molecule is CC(C)C(C(=O)O)S(=O)(=O)CC(=O)N1CCCCC1. The molecule has 19 heavy (non-hydrogen) atoms. The lowest BCUT2D eigenvalue weighted by molar-refractivity contribution is -0.137. The number of carboxylic acid groups (broad SMARTS) is 1. The fourth-order valence-electron chi connectivity index (χ4n) is 2.35. The largest absolute Gasteiger partial charge is 0.480 e. The van der Waals surface area contributed by atoms with Crippen LogP contribution in [0.2, 0.25) is 0 Å². The first-order valence-corrected chi connectivity index (χ1v) is 8.19. The number of carbonyl (C=O) groups excluding carboxylic acids is 1. The van der Waals surface area contributed by atoms with Crippen LogP contribution in [0.4, 0.5) is 0 Å². The molecule has 0 radical (unpaired) electrons. The summed E-state index contributed by atoms with van der Waals surface area (Å²) in [5.41, 5.74) is 0. The highest BCUT2D eigenvalue weighted by Crippen LogP contribution is 2.16. The average Bonchev–Trinajstić information content (AvgIpc) is 2.27. The number of nitrogens with zero attached hydrogens (tertiary/aromatic N) is 1. The molecule has 0 aromatic carbocycles. The Morgan fingerprint density at radius 3 is 2.11 bits per heavy atom. The fraction of sp³-hybridized carbons (Fsp3) is 0.833. The number of hydrogen-bond acceptors (Lipinski definition) is 4. The number of aliphatic carboxylic acids is 1. The summed E-state index contributed by atoms with van der Waals surface area (Å²) in [5, 5.41) is 7.49.